The van der Waals surface area contributed by atoms with Crippen molar-refractivity contribution in [3.05, 3.63) is 64.7 Å². The van der Waals surface area contributed by atoms with Crippen molar-refractivity contribution in [1.29, 1.82) is 0 Å². The van der Waals surface area contributed by atoms with E-state index < -0.39 is 12.1 Å². The molecule has 2 heterocycles. The van der Waals surface area contributed by atoms with Crippen molar-refractivity contribution in [2.75, 3.05) is 4.90 Å². The Kier molecular flexibility index (Phi) is 3.77. The molecule has 0 unspecified atom stereocenters. The number of carbonyl (C=O) groups excluding carboxylic acids is 2. The number of anilines is 1. The average Bonchev–Trinajstić information content (AvgIpc) is 3.12. The first kappa shape index (κ1) is 15.8. The van der Waals surface area contributed by atoms with Crippen LogP contribution in [0.3, 0.4) is 0 Å². The first-order valence-electron chi connectivity index (χ1n) is 7.91. The predicted molar refractivity (Wildman–Crippen MR) is 93.1 cm³/mol. The second-order valence-electron chi connectivity index (χ2n) is 6.11. The van der Waals surface area contributed by atoms with Crippen LogP contribution in [0.5, 0.6) is 0 Å². The fourth-order valence-corrected chi connectivity index (χ4v) is 3.29. The zero-order chi connectivity index (χ0) is 17.6. The molecule has 2 aliphatic rings. The number of fused-ring (bicyclic) bond motifs is 1. The number of imide groups is 1. The summed E-state index contributed by atoms with van der Waals surface area (Å²) in [5.41, 5.74) is 2.65. The van der Waals surface area contributed by atoms with E-state index in [1.807, 2.05) is 31.2 Å². The molecule has 2 aromatic carbocycles. The first-order chi connectivity index (χ1) is 12.1. The van der Waals surface area contributed by atoms with E-state index in [-0.39, 0.29) is 11.8 Å². The fourth-order valence-electron chi connectivity index (χ4n) is 3.16. The molecule has 126 valence electrons. The maximum atomic E-state index is 12.9. The van der Waals surface area contributed by atoms with E-state index >= 15 is 0 Å². The molecule has 2 amide bonds. The van der Waals surface area contributed by atoms with Crippen molar-refractivity contribution < 1.29 is 9.59 Å². The Morgan fingerprint density at radius 1 is 1.04 bits per heavy atom. The minimum absolute atomic E-state index is 0.309. The summed E-state index contributed by atoms with van der Waals surface area (Å²) in [5.74, 6) is -0.663. The van der Waals surface area contributed by atoms with Crippen molar-refractivity contribution in [2.45, 2.75) is 25.6 Å². The molecule has 2 atom stereocenters. The molecule has 0 aliphatic carbocycles. The summed E-state index contributed by atoms with van der Waals surface area (Å²) >= 11 is 5.89. The van der Waals surface area contributed by atoms with E-state index in [4.69, 9.17) is 11.6 Å². The van der Waals surface area contributed by atoms with Crippen molar-refractivity contribution >= 4 is 29.1 Å². The summed E-state index contributed by atoms with van der Waals surface area (Å²) < 4.78 is 0. The molecule has 1 fully saturated rings. The van der Waals surface area contributed by atoms with Crippen LogP contribution in [0.25, 0.3) is 0 Å². The summed E-state index contributed by atoms with van der Waals surface area (Å²) in [6.45, 7) is 2.44. The Morgan fingerprint density at radius 3 is 2.48 bits per heavy atom. The average molecular weight is 355 g/mol. The van der Waals surface area contributed by atoms with Gasteiger partial charge in [-0.05, 0) is 42.3 Å². The summed E-state index contributed by atoms with van der Waals surface area (Å²) in [5, 5.41) is 10.3. The highest BCUT2D eigenvalue weighted by Crippen LogP contribution is 2.33. The number of aryl methyl sites for hydroxylation is 1. The number of amides is 2. The normalized spacial score (nSPS) is 22.0. The Hall–Kier alpha value is -2.73. The van der Waals surface area contributed by atoms with Crippen LogP contribution in [0.4, 0.5) is 5.69 Å². The number of hydrogen-bond acceptors (Lipinski definition) is 5. The number of halogens is 1. The zero-order valence-electron chi connectivity index (χ0n) is 13.5. The third kappa shape index (κ3) is 2.59. The van der Waals surface area contributed by atoms with Crippen LogP contribution in [0, 0.1) is 6.92 Å². The lowest BCUT2D eigenvalue weighted by atomic mass is 10.1. The highest BCUT2D eigenvalue weighted by atomic mass is 35.5. The highest BCUT2D eigenvalue weighted by molar-refractivity contribution is 6.31. The molecule has 0 radical (unpaired) electrons. The van der Waals surface area contributed by atoms with Crippen LogP contribution < -0.4 is 4.90 Å². The van der Waals surface area contributed by atoms with Crippen molar-refractivity contribution in [1.82, 2.24) is 5.01 Å². The second kappa shape index (κ2) is 5.97. The van der Waals surface area contributed by atoms with Crippen LogP contribution >= 0.6 is 11.6 Å². The molecule has 25 heavy (non-hydrogen) atoms. The number of benzene rings is 2. The van der Waals surface area contributed by atoms with Gasteiger partial charge in [0.05, 0.1) is 12.2 Å². The lowest BCUT2D eigenvalue weighted by Gasteiger charge is -2.21. The number of hydrogen-bond donors (Lipinski definition) is 0. The highest BCUT2D eigenvalue weighted by Gasteiger charge is 2.54. The van der Waals surface area contributed by atoms with E-state index in [1.165, 1.54) is 4.90 Å². The zero-order valence-corrected chi connectivity index (χ0v) is 14.2. The van der Waals surface area contributed by atoms with Gasteiger partial charge in [0, 0.05) is 5.02 Å². The number of carbonyl (C=O) groups is 2. The largest absolute Gasteiger partial charge is 0.271 e. The van der Waals surface area contributed by atoms with Gasteiger partial charge in [-0.15, -0.1) is 0 Å². The van der Waals surface area contributed by atoms with Gasteiger partial charge in [-0.3, -0.25) is 14.6 Å². The summed E-state index contributed by atoms with van der Waals surface area (Å²) in [4.78, 5) is 26.7. The maximum Gasteiger partial charge on any atom is 0.263 e. The van der Waals surface area contributed by atoms with Crippen LogP contribution in [-0.2, 0) is 16.1 Å². The van der Waals surface area contributed by atoms with E-state index in [0.717, 1.165) is 11.1 Å². The molecule has 0 aromatic heterocycles. The lowest BCUT2D eigenvalue weighted by molar-refractivity contribution is -0.123. The van der Waals surface area contributed by atoms with Gasteiger partial charge in [0.15, 0.2) is 12.1 Å². The van der Waals surface area contributed by atoms with Gasteiger partial charge in [-0.1, -0.05) is 41.1 Å². The molecule has 7 heteroatoms. The summed E-state index contributed by atoms with van der Waals surface area (Å²) in [7, 11) is 0. The van der Waals surface area contributed by atoms with Crippen molar-refractivity contribution in [3.8, 4) is 0 Å². The Bertz CT molecular complexity index is 881. The lowest BCUT2D eigenvalue weighted by Crippen LogP contribution is -2.39. The third-order valence-electron chi connectivity index (χ3n) is 4.54. The van der Waals surface area contributed by atoms with Gasteiger partial charge in [0.2, 0.25) is 0 Å². The van der Waals surface area contributed by atoms with Crippen LogP contribution in [0.2, 0.25) is 5.02 Å². The molecular formula is C18H15ClN4O2. The van der Waals surface area contributed by atoms with Gasteiger partial charge in [-0.2, -0.15) is 5.11 Å². The molecule has 1 saturated heterocycles. The van der Waals surface area contributed by atoms with Crippen molar-refractivity contribution in [3.63, 3.8) is 0 Å². The van der Waals surface area contributed by atoms with Crippen molar-refractivity contribution in [2.24, 2.45) is 10.3 Å². The van der Waals surface area contributed by atoms with E-state index in [0.29, 0.717) is 17.3 Å². The molecular weight excluding hydrogens is 340 g/mol. The monoisotopic (exact) mass is 354 g/mol. The number of rotatable bonds is 3. The SMILES string of the molecule is Cc1ccccc1CN1N=N[C@H]2C(=O)N(c3ccc(Cl)cc3)C(=O)[C@@H]21. The molecule has 0 saturated carbocycles. The molecule has 6 nitrogen and oxygen atoms in total. The van der Waals surface area contributed by atoms with E-state index in [1.54, 1.807) is 29.3 Å². The minimum atomic E-state index is -0.785. The Balaban J connectivity index is 1.62. The smallest absolute Gasteiger partial charge is 0.263 e. The fraction of sp³-hybridized carbons (Fsp3) is 0.222. The van der Waals surface area contributed by atoms with Gasteiger partial charge in [0.1, 0.15) is 0 Å². The quantitative estimate of drug-likeness (QED) is 0.795. The van der Waals surface area contributed by atoms with E-state index in [2.05, 4.69) is 10.3 Å². The summed E-state index contributed by atoms with van der Waals surface area (Å²) in [6.07, 6.45) is 0. The standard InChI is InChI=1S/C18H15ClN4O2/c1-11-4-2-3-5-12(11)10-22-16-15(20-21-22)17(24)23(18(16)25)14-8-6-13(19)7-9-14/h2-9,15-16H,10H2,1H3/t15-,16-/m1/s1. The number of nitrogens with zero attached hydrogens (tertiary/aromatic N) is 4. The minimum Gasteiger partial charge on any atom is -0.271 e. The predicted octanol–water partition coefficient (Wildman–Crippen LogP) is 3.14. The molecule has 2 aliphatic heterocycles. The molecule has 2 aromatic rings. The molecule has 4 rings (SSSR count). The summed E-state index contributed by atoms with van der Waals surface area (Å²) in [6, 6.07) is 13.0. The maximum absolute atomic E-state index is 12.9. The molecule has 0 bridgehead atoms. The molecule has 0 N–H and O–H groups in total. The van der Waals surface area contributed by atoms with Gasteiger partial charge < -0.3 is 0 Å². The van der Waals surface area contributed by atoms with Crippen LogP contribution in [0.15, 0.2) is 58.9 Å². The topological polar surface area (TPSA) is 65.3 Å². The Morgan fingerprint density at radius 2 is 1.76 bits per heavy atom. The van der Waals surface area contributed by atoms with E-state index in [9.17, 15) is 9.59 Å². The second-order valence-corrected chi connectivity index (χ2v) is 6.54. The third-order valence-corrected chi connectivity index (χ3v) is 4.79. The first-order valence-corrected chi connectivity index (χ1v) is 8.29. The van der Waals surface area contributed by atoms with Gasteiger partial charge in [0.25, 0.3) is 11.8 Å². The van der Waals surface area contributed by atoms with Gasteiger partial charge >= 0.3 is 0 Å². The van der Waals surface area contributed by atoms with Gasteiger partial charge in [-0.25, -0.2) is 4.90 Å². The van der Waals surface area contributed by atoms with Crippen LogP contribution in [0.1, 0.15) is 11.1 Å². The van der Waals surface area contributed by atoms with Crippen LogP contribution in [-0.4, -0.2) is 28.9 Å². The Labute approximate surface area is 149 Å². The molecule has 0 spiro atoms.